The van der Waals surface area contributed by atoms with Crippen molar-refractivity contribution in [1.29, 1.82) is 0 Å². The molecule has 3 atom stereocenters. The van der Waals surface area contributed by atoms with Gasteiger partial charge in [-0.25, -0.2) is 4.68 Å². The van der Waals surface area contributed by atoms with Crippen molar-refractivity contribution in [1.82, 2.24) is 20.0 Å². The summed E-state index contributed by atoms with van der Waals surface area (Å²) in [7, 11) is 2.21. The summed E-state index contributed by atoms with van der Waals surface area (Å²) in [6, 6.07) is 9.31. The van der Waals surface area contributed by atoms with Crippen molar-refractivity contribution >= 4 is 5.91 Å². The summed E-state index contributed by atoms with van der Waals surface area (Å²) in [5, 5.41) is 7.55. The van der Waals surface area contributed by atoms with Gasteiger partial charge in [0, 0.05) is 24.3 Å². The molecule has 3 heterocycles. The first kappa shape index (κ1) is 18.0. The average molecular weight is 368 g/mol. The number of fused-ring (bicyclic) bond motifs is 2. The lowest BCUT2D eigenvalue weighted by molar-refractivity contribution is 0.0875. The maximum Gasteiger partial charge on any atom is 0.271 e. The number of amides is 1. The predicted molar refractivity (Wildman–Crippen MR) is 104 cm³/mol. The van der Waals surface area contributed by atoms with E-state index in [2.05, 4.69) is 35.4 Å². The fourth-order valence-electron chi connectivity index (χ4n) is 4.44. The molecule has 27 heavy (non-hydrogen) atoms. The molecule has 2 aliphatic heterocycles. The van der Waals surface area contributed by atoms with Crippen LogP contribution in [0.15, 0.2) is 30.5 Å². The van der Waals surface area contributed by atoms with Crippen LogP contribution in [0, 0.1) is 13.8 Å². The molecule has 2 aromatic rings. The second-order valence-electron chi connectivity index (χ2n) is 7.98. The molecular formula is C21H28N4O2. The maximum atomic E-state index is 12.6. The second kappa shape index (κ2) is 7.35. The van der Waals surface area contributed by atoms with E-state index >= 15 is 0 Å². The first-order valence-electron chi connectivity index (χ1n) is 9.76. The van der Waals surface area contributed by atoms with Crippen molar-refractivity contribution in [2.24, 2.45) is 0 Å². The number of carbonyl (C=O) groups excluding carboxylic acids is 1. The number of rotatable bonds is 5. The summed E-state index contributed by atoms with van der Waals surface area (Å²) in [5.74, 6) is 0.748. The van der Waals surface area contributed by atoms with Gasteiger partial charge in [-0.3, -0.25) is 4.79 Å². The van der Waals surface area contributed by atoms with E-state index in [1.165, 1.54) is 18.4 Å². The van der Waals surface area contributed by atoms with Gasteiger partial charge in [-0.1, -0.05) is 17.7 Å². The second-order valence-corrected chi connectivity index (χ2v) is 7.98. The number of benzene rings is 1. The Hall–Kier alpha value is -2.34. The van der Waals surface area contributed by atoms with Gasteiger partial charge in [-0.15, -0.1) is 0 Å². The first-order chi connectivity index (χ1) is 13.0. The third-order valence-electron chi connectivity index (χ3n) is 5.99. The number of hydrogen-bond acceptors (Lipinski definition) is 4. The van der Waals surface area contributed by atoms with Crippen LogP contribution in [0.5, 0.6) is 5.75 Å². The van der Waals surface area contributed by atoms with E-state index < -0.39 is 0 Å². The van der Waals surface area contributed by atoms with E-state index in [1.807, 2.05) is 19.1 Å². The van der Waals surface area contributed by atoms with Crippen molar-refractivity contribution in [3.05, 3.63) is 47.3 Å². The summed E-state index contributed by atoms with van der Waals surface area (Å²) in [6.07, 6.45) is 6.36. The summed E-state index contributed by atoms with van der Waals surface area (Å²) >= 11 is 0. The highest BCUT2D eigenvalue weighted by molar-refractivity contribution is 5.92. The lowest BCUT2D eigenvalue weighted by Gasteiger charge is -2.36. The molecule has 1 unspecified atom stereocenters. The third kappa shape index (κ3) is 3.86. The Bertz CT molecular complexity index is 817. The van der Waals surface area contributed by atoms with Gasteiger partial charge in [-0.2, -0.15) is 5.10 Å². The van der Waals surface area contributed by atoms with Gasteiger partial charge in [0.2, 0.25) is 0 Å². The molecule has 1 aromatic carbocycles. The van der Waals surface area contributed by atoms with E-state index in [0.717, 1.165) is 24.2 Å². The highest BCUT2D eigenvalue weighted by Crippen LogP contribution is 2.34. The molecule has 6 heteroatoms. The van der Waals surface area contributed by atoms with Gasteiger partial charge >= 0.3 is 0 Å². The van der Waals surface area contributed by atoms with Crippen molar-refractivity contribution in [2.75, 3.05) is 7.05 Å². The SMILES string of the molecule is Cc1ccc(OCn2ccc(C(=O)NC3C[C@H]4CC[C@@H](C3)N4C)n2)c(C)c1. The number of aryl methyl sites for hydroxylation is 2. The standard InChI is InChI=1S/C21H28N4O2/c1-14-4-7-20(15(2)10-14)27-13-25-9-8-19(23-25)21(26)22-16-11-17-5-6-18(12-16)24(17)3/h4,7-10,16-18H,5-6,11-13H2,1-3H3,(H,22,26)/t16?,17-,18+. The molecule has 2 fully saturated rings. The van der Waals surface area contributed by atoms with E-state index in [0.29, 0.717) is 17.8 Å². The van der Waals surface area contributed by atoms with Crippen molar-refractivity contribution in [2.45, 2.75) is 64.4 Å². The highest BCUT2D eigenvalue weighted by Gasteiger charge is 2.38. The summed E-state index contributed by atoms with van der Waals surface area (Å²) in [6.45, 7) is 4.37. The Kier molecular flexibility index (Phi) is 4.91. The van der Waals surface area contributed by atoms with Crippen LogP contribution in [0.4, 0.5) is 0 Å². The smallest absolute Gasteiger partial charge is 0.271 e. The van der Waals surface area contributed by atoms with E-state index in [-0.39, 0.29) is 18.7 Å². The molecule has 6 nitrogen and oxygen atoms in total. The lowest BCUT2D eigenvalue weighted by Crippen LogP contribution is -2.48. The topological polar surface area (TPSA) is 59.4 Å². The number of aromatic nitrogens is 2. The molecule has 1 N–H and O–H groups in total. The van der Waals surface area contributed by atoms with Gasteiger partial charge in [0.05, 0.1) is 0 Å². The Balaban J connectivity index is 1.33. The van der Waals surface area contributed by atoms with Crippen LogP contribution in [0.25, 0.3) is 0 Å². The van der Waals surface area contributed by atoms with Gasteiger partial charge in [-0.05, 0) is 64.3 Å². The van der Waals surface area contributed by atoms with Crippen molar-refractivity contribution in [3.8, 4) is 5.75 Å². The largest absolute Gasteiger partial charge is 0.471 e. The zero-order valence-electron chi connectivity index (χ0n) is 16.3. The molecular weight excluding hydrogens is 340 g/mol. The molecule has 2 bridgehead atoms. The summed E-state index contributed by atoms with van der Waals surface area (Å²) in [5.41, 5.74) is 2.75. The van der Waals surface area contributed by atoms with Gasteiger partial charge in [0.25, 0.3) is 5.91 Å². The van der Waals surface area contributed by atoms with Crippen molar-refractivity contribution < 1.29 is 9.53 Å². The number of nitrogens with zero attached hydrogens (tertiary/aromatic N) is 3. The quantitative estimate of drug-likeness (QED) is 0.882. The van der Waals surface area contributed by atoms with Crippen LogP contribution < -0.4 is 10.1 Å². The van der Waals surface area contributed by atoms with Crippen LogP contribution in [-0.2, 0) is 6.73 Å². The zero-order valence-corrected chi connectivity index (χ0v) is 16.3. The van der Waals surface area contributed by atoms with E-state index in [4.69, 9.17) is 4.74 Å². The predicted octanol–water partition coefficient (Wildman–Crippen LogP) is 2.89. The van der Waals surface area contributed by atoms with E-state index in [9.17, 15) is 4.79 Å². The van der Waals surface area contributed by atoms with Gasteiger partial charge in [0.15, 0.2) is 6.73 Å². The summed E-state index contributed by atoms with van der Waals surface area (Å²) in [4.78, 5) is 15.0. The Morgan fingerprint density at radius 3 is 2.67 bits per heavy atom. The Labute approximate surface area is 160 Å². The molecule has 4 rings (SSSR count). The van der Waals surface area contributed by atoms with Gasteiger partial charge in [0.1, 0.15) is 11.4 Å². The minimum Gasteiger partial charge on any atom is -0.471 e. The molecule has 2 saturated heterocycles. The van der Waals surface area contributed by atoms with Crippen LogP contribution in [-0.4, -0.2) is 45.8 Å². The molecule has 0 aliphatic carbocycles. The van der Waals surface area contributed by atoms with Crippen LogP contribution >= 0.6 is 0 Å². The Morgan fingerprint density at radius 1 is 1.22 bits per heavy atom. The maximum absolute atomic E-state index is 12.6. The first-order valence-corrected chi connectivity index (χ1v) is 9.76. The number of ether oxygens (including phenoxy) is 1. The number of piperidine rings is 1. The van der Waals surface area contributed by atoms with E-state index in [1.54, 1.807) is 16.9 Å². The average Bonchev–Trinajstić information content (AvgIpc) is 3.16. The molecule has 0 saturated carbocycles. The molecule has 0 spiro atoms. The fraction of sp³-hybridized carbons (Fsp3) is 0.524. The monoisotopic (exact) mass is 368 g/mol. The van der Waals surface area contributed by atoms with Gasteiger partial charge < -0.3 is 15.0 Å². The number of carbonyl (C=O) groups is 1. The van der Waals surface area contributed by atoms with Crippen LogP contribution in [0.2, 0.25) is 0 Å². The molecule has 1 amide bonds. The third-order valence-corrected chi connectivity index (χ3v) is 5.99. The number of hydrogen-bond donors (Lipinski definition) is 1. The minimum absolute atomic E-state index is 0.0887. The molecule has 0 radical (unpaired) electrons. The Morgan fingerprint density at radius 2 is 1.96 bits per heavy atom. The normalized spacial score (nSPS) is 24.8. The molecule has 144 valence electrons. The van der Waals surface area contributed by atoms with Crippen molar-refractivity contribution in [3.63, 3.8) is 0 Å². The lowest BCUT2D eigenvalue weighted by atomic mass is 9.98. The summed E-state index contributed by atoms with van der Waals surface area (Å²) < 4.78 is 7.49. The fourth-order valence-corrected chi connectivity index (χ4v) is 4.44. The minimum atomic E-state index is -0.0887. The molecule has 2 aliphatic rings. The highest BCUT2D eigenvalue weighted by atomic mass is 16.5. The number of nitrogens with one attached hydrogen (secondary N) is 1. The molecule has 1 aromatic heterocycles. The van der Waals surface area contributed by atoms with Crippen LogP contribution in [0.1, 0.15) is 47.3 Å². The zero-order chi connectivity index (χ0) is 19.0. The van der Waals surface area contributed by atoms with Crippen LogP contribution in [0.3, 0.4) is 0 Å².